The van der Waals surface area contributed by atoms with E-state index < -0.39 is 0 Å². The van der Waals surface area contributed by atoms with Crippen molar-refractivity contribution in [1.29, 1.82) is 0 Å². The molecule has 3 N–H and O–H groups in total. The molecule has 0 saturated carbocycles. The van der Waals surface area contributed by atoms with Gasteiger partial charge in [0.05, 0.1) is 25.5 Å². The molecule has 3 amide bonds. The molecule has 0 bridgehead atoms. The van der Waals surface area contributed by atoms with Crippen LogP contribution < -0.4 is 20.7 Å². The van der Waals surface area contributed by atoms with Gasteiger partial charge in [-0.25, -0.2) is 9.78 Å². The molecule has 2 aromatic carbocycles. The van der Waals surface area contributed by atoms with Gasteiger partial charge in [0.2, 0.25) is 5.06 Å². The Balaban J connectivity index is 1.29. The highest BCUT2D eigenvalue weighted by Crippen LogP contribution is 2.34. The van der Waals surface area contributed by atoms with Crippen LogP contribution in [0.3, 0.4) is 0 Å². The second-order valence-electron chi connectivity index (χ2n) is 11.2. The number of piperidine rings is 1. The maximum Gasteiger partial charge on any atom is 0.319 e. The fourth-order valence-corrected chi connectivity index (χ4v) is 5.71. The van der Waals surface area contributed by atoms with Crippen molar-refractivity contribution in [2.45, 2.75) is 84.8 Å². The Kier molecular flexibility index (Phi) is 12.5. The first kappa shape index (κ1) is 33.4. The van der Waals surface area contributed by atoms with Crippen molar-refractivity contribution in [2.75, 3.05) is 30.8 Å². The van der Waals surface area contributed by atoms with Crippen molar-refractivity contribution in [1.82, 2.24) is 15.2 Å². The summed E-state index contributed by atoms with van der Waals surface area (Å²) in [5.41, 5.74) is 2.97. The molecule has 3 aromatic rings. The Morgan fingerprint density at radius 1 is 1.02 bits per heavy atom. The third-order valence-electron chi connectivity index (χ3n) is 7.76. The van der Waals surface area contributed by atoms with Gasteiger partial charge < -0.3 is 29.7 Å². The number of nitrogens with zero attached hydrogens (tertiary/aromatic N) is 2. The molecule has 1 aliphatic heterocycles. The number of methoxy groups -OCH3 is 1. The van der Waals surface area contributed by atoms with Crippen LogP contribution in [0.4, 0.5) is 15.6 Å². The van der Waals surface area contributed by atoms with E-state index in [2.05, 4.69) is 39.7 Å². The Labute approximate surface area is 264 Å². The first-order valence-electron chi connectivity index (χ1n) is 15.4. The third kappa shape index (κ3) is 9.75. The number of anilines is 2. The van der Waals surface area contributed by atoms with E-state index in [1.54, 1.807) is 37.6 Å². The molecule has 0 radical (unpaired) electrons. The van der Waals surface area contributed by atoms with Gasteiger partial charge in [0.25, 0.3) is 5.91 Å². The second kappa shape index (κ2) is 16.5. The van der Waals surface area contributed by atoms with Crippen LogP contribution in [0.1, 0.15) is 74.9 Å². The number of carbonyl (C=O) groups is 2. The van der Waals surface area contributed by atoms with E-state index in [1.807, 2.05) is 32.0 Å². The summed E-state index contributed by atoms with van der Waals surface area (Å²) in [7, 11) is 1.60. The van der Waals surface area contributed by atoms with Gasteiger partial charge in [-0.1, -0.05) is 37.3 Å². The van der Waals surface area contributed by atoms with E-state index >= 15 is 0 Å². The largest absolute Gasteiger partial charge is 0.445 e. The maximum absolute atomic E-state index is 12.9. The minimum atomic E-state index is -0.251. The van der Waals surface area contributed by atoms with E-state index in [4.69, 9.17) is 14.2 Å². The van der Waals surface area contributed by atoms with Crippen LogP contribution in [-0.2, 0) is 22.7 Å². The van der Waals surface area contributed by atoms with Crippen LogP contribution in [0.2, 0.25) is 0 Å². The Hall–Kier alpha value is -3.51. The van der Waals surface area contributed by atoms with Gasteiger partial charge in [-0.05, 0) is 75.4 Å². The van der Waals surface area contributed by atoms with Crippen LogP contribution in [0.5, 0.6) is 10.8 Å². The molecule has 0 spiro atoms. The number of urea groups is 1. The molecule has 2 heterocycles. The molecule has 238 valence electrons. The molecule has 11 heteroatoms. The van der Waals surface area contributed by atoms with Crippen molar-refractivity contribution in [3.8, 4) is 10.8 Å². The number of aromatic nitrogens is 1. The van der Waals surface area contributed by atoms with Gasteiger partial charge in [-0.2, -0.15) is 0 Å². The standard InChI is InChI=1S/C33H45N5O5S/c1-6-26(7-2)35-32(40)36-27-12-13-29(25(18-27)21-41-5)43-30-19-34-33(44-30)37-31(39)24-10-8-23(9-11-24)20-42-28-14-16-38(17-15-28)22(3)4/h8-13,18-19,22,26,28H,6-7,14-17,20-21H2,1-5H3,(H,34,37,39)(H2,35,36,40). The van der Waals surface area contributed by atoms with E-state index in [-0.39, 0.29) is 24.1 Å². The fourth-order valence-electron chi connectivity index (χ4n) is 5.04. The second-order valence-corrected chi connectivity index (χ2v) is 12.2. The average molecular weight is 624 g/mol. The quantitative estimate of drug-likeness (QED) is 0.177. The van der Waals surface area contributed by atoms with Gasteiger partial charge in [-0.3, -0.25) is 10.1 Å². The highest BCUT2D eigenvalue weighted by molar-refractivity contribution is 7.17. The SMILES string of the molecule is CCC(CC)NC(=O)Nc1ccc(Oc2cnc(NC(=O)c3ccc(COC4CCN(C(C)C)CC4)cc3)s2)c(COC)c1. The molecular weight excluding hydrogens is 578 g/mol. The van der Waals surface area contributed by atoms with Crippen molar-refractivity contribution in [3.05, 3.63) is 65.4 Å². The number of amides is 3. The summed E-state index contributed by atoms with van der Waals surface area (Å²) >= 11 is 1.22. The lowest BCUT2D eigenvalue weighted by Crippen LogP contribution is -2.40. The highest BCUT2D eigenvalue weighted by Gasteiger charge is 2.21. The van der Waals surface area contributed by atoms with Crippen molar-refractivity contribution in [2.24, 2.45) is 0 Å². The smallest absolute Gasteiger partial charge is 0.319 e. The van der Waals surface area contributed by atoms with Gasteiger partial charge >= 0.3 is 6.03 Å². The topological polar surface area (TPSA) is 114 Å². The first-order chi connectivity index (χ1) is 21.3. The predicted molar refractivity (Wildman–Crippen MR) is 175 cm³/mol. The third-order valence-corrected chi connectivity index (χ3v) is 8.55. The summed E-state index contributed by atoms with van der Waals surface area (Å²) in [6.07, 6.45) is 5.67. The van der Waals surface area contributed by atoms with Gasteiger partial charge in [-0.15, -0.1) is 0 Å². The Morgan fingerprint density at radius 3 is 2.41 bits per heavy atom. The van der Waals surface area contributed by atoms with Gasteiger partial charge in [0, 0.05) is 49.1 Å². The number of nitrogens with one attached hydrogen (secondary N) is 3. The molecule has 1 fully saturated rings. The number of likely N-dealkylation sites (tertiary alicyclic amines) is 1. The molecule has 10 nitrogen and oxygen atoms in total. The van der Waals surface area contributed by atoms with E-state index in [9.17, 15) is 9.59 Å². The van der Waals surface area contributed by atoms with Gasteiger partial charge in [0.1, 0.15) is 5.75 Å². The zero-order chi connectivity index (χ0) is 31.5. The molecule has 0 aliphatic carbocycles. The molecule has 4 rings (SSSR count). The van der Waals surface area contributed by atoms with Crippen molar-refractivity contribution in [3.63, 3.8) is 0 Å². The lowest BCUT2D eigenvalue weighted by molar-refractivity contribution is -0.00803. The lowest BCUT2D eigenvalue weighted by atomic mass is 10.1. The van der Waals surface area contributed by atoms with Crippen LogP contribution in [0.15, 0.2) is 48.7 Å². The fraction of sp³-hybridized carbons (Fsp3) is 0.485. The highest BCUT2D eigenvalue weighted by atomic mass is 32.1. The zero-order valence-electron chi connectivity index (χ0n) is 26.4. The Bertz CT molecular complexity index is 1350. The number of rotatable bonds is 14. The summed E-state index contributed by atoms with van der Waals surface area (Å²) in [6, 6.07) is 13.3. The minimum Gasteiger partial charge on any atom is -0.445 e. The summed E-state index contributed by atoms with van der Waals surface area (Å²) in [5.74, 6) is 0.323. The molecule has 44 heavy (non-hydrogen) atoms. The van der Waals surface area contributed by atoms with Crippen LogP contribution in [-0.4, -0.2) is 60.2 Å². The van der Waals surface area contributed by atoms with E-state index in [0.717, 1.165) is 49.9 Å². The number of ether oxygens (including phenoxy) is 3. The number of benzene rings is 2. The molecule has 0 atom stereocenters. The average Bonchev–Trinajstić information content (AvgIpc) is 3.47. The van der Waals surface area contributed by atoms with Crippen LogP contribution >= 0.6 is 11.3 Å². The number of hydrogen-bond donors (Lipinski definition) is 3. The normalized spacial score (nSPS) is 14.2. The zero-order valence-corrected chi connectivity index (χ0v) is 27.2. The van der Waals surface area contributed by atoms with Crippen LogP contribution in [0, 0.1) is 0 Å². The summed E-state index contributed by atoms with van der Waals surface area (Å²) in [4.78, 5) is 32.0. The summed E-state index contributed by atoms with van der Waals surface area (Å²) < 4.78 is 17.6. The number of carbonyl (C=O) groups excluding carboxylic acids is 2. The molecule has 0 unspecified atom stereocenters. The minimum absolute atomic E-state index is 0.124. The molecule has 1 saturated heterocycles. The lowest BCUT2D eigenvalue weighted by Gasteiger charge is -2.34. The number of thiazole rings is 1. The molecular formula is C33H45N5O5S. The monoisotopic (exact) mass is 623 g/mol. The Morgan fingerprint density at radius 2 is 1.75 bits per heavy atom. The molecule has 1 aromatic heterocycles. The first-order valence-corrected chi connectivity index (χ1v) is 16.2. The van der Waals surface area contributed by atoms with Gasteiger partial charge in [0.15, 0.2) is 5.13 Å². The van der Waals surface area contributed by atoms with Crippen LogP contribution in [0.25, 0.3) is 0 Å². The summed E-state index contributed by atoms with van der Waals surface area (Å²) in [6.45, 7) is 11.5. The van der Waals surface area contributed by atoms with Crippen molar-refractivity contribution < 1.29 is 23.8 Å². The van der Waals surface area contributed by atoms with E-state index in [1.165, 1.54) is 11.3 Å². The summed E-state index contributed by atoms with van der Waals surface area (Å²) in [5, 5.41) is 9.63. The number of hydrogen-bond acceptors (Lipinski definition) is 8. The maximum atomic E-state index is 12.9. The predicted octanol–water partition coefficient (Wildman–Crippen LogP) is 7.03. The van der Waals surface area contributed by atoms with Crippen molar-refractivity contribution >= 4 is 34.1 Å². The molecule has 1 aliphatic rings. The van der Waals surface area contributed by atoms with E-state index in [0.29, 0.717) is 46.5 Å².